The monoisotopic (exact) mass is 223 g/mol. The molecule has 15 heavy (non-hydrogen) atoms. The van der Waals surface area contributed by atoms with Crippen molar-refractivity contribution in [2.45, 2.75) is 13.0 Å². The van der Waals surface area contributed by atoms with Crippen molar-refractivity contribution in [3.63, 3.8) is 0 Å². The van der Waals surface area contributed by atoms with Gasteiger partial charge >= 0.3 is 0 Å². The SMILES string of the molecule is Cc1ccc(C(O)c2ncn[nH]2)cc1Cl. The van der Waals surface area contributed by atoms with Crippen molar-refractivity contribution >= 4 is 11.6 Å². The lowest BCUT2D eigenvalue weighted by molar-refractivity contribution is 0.210. The van der Waals surface area contributed by atoms with Gasteiger partial charge in [0.2, 0.25) is 0 Å². The van der Waals surface area contributed by atoms with Crippen LogP contribution in [0.3, 0.4) is 0 Å². The van der Waals surface area contributed by atoms with Gasteiger partial charge in [0.15, 0.2) is 5.82 Å². The summed E-state index contributed by atoms with van der Waals surface area (Å²) in [6.45, 7) is 1.91. The van der Waals surface area contributed by atoms with E-state index >= 15 is 0 Å². The lowest BCUT2D eigenvalue weighted by atomic mass is 10.1. The number of aliphatic hydroxyl groups excluding tert-OH is 1. The molecule has 0 saturated heterocycles. The summed E-state index contributed by atoms with van der Waals surface area (Å²) in [5.41, 5.74) is 1.67. The molecule has 1 atom stereocenters. The van der Waals surface area contributed by atoms with Gasteiger partial charge in [0, 0.05) is 5.02 Å². The van der Waals surface area contributed by atoms with Gasteiger partial charge in [-0.15, -0.1) is 0 Å². The number of nitrogens with zero attached hydrogens (tertiary/aromatic N) is 2. The van der Waals surface area contributed by atoms with Crippen LogP contribution >= 0.6 is 11.6 Å². The predicted octanol–water partition coefficient (Wildman–Crippen LogP) is 1.85. The second kappa shape index (κ2) is 4.00. The van der Waals surface area contributed by atoms with Crippen molar-refractivity contribution in [2.24, 2.45) is 0 Å². The summed E-state index contributed by atoms with van der Waals surface area (Å²) in [4.78, 5) is 3.88. The van der Waals surface area contributed by atoms with Crippen molar-refractivity contribution in [3.05, 3.63) is 46.5 Å². The molecule has 0 saturated carbocycles. The zero-order valence-electron chi connectivity index (χ0n) is 8.11. The van der Waals surface area contributed by atoms with E-state index in [9.17, 15) is 5.11 Å². The van der Waals surface area contributed by atoms with E-state index in [-0.39, 0.29) is 0 Å². The van der Waals surface area contributed by atoms with Crippen molar-refractivity contribution in [3.8, 4) is 0 Å². The van der Waals surface area contributed by atoms with Gasteiger partial charge in [-0.2, -0.15) is 5.10 Å². The molecule has 78 valence electrons. The lowest BCUT2D eigenvalue weighted by Gasteiger charge is -2.08. The molecule has 0 amide bonds. The number of aromatic nitrogens is 3. The number of aliphatic hydroxyl groups is 1. The molecule has 0 radical (unpaired) electrons. The zero-order valence-corrected chi connectivity index (χ0v) is 8.86. The Balaban J connectivity index is 2.34. The highest BCUT2D eigenvalue weighted by atomic mass is 35.5. The number of benzene rings is 1. The number of aromatic amines is 1. The Labute approximate surface area is 91.9 Å². The third-order valence-electron chi connectivity index (χ3n) is 2.20. The van der Waals surface area contributed by atoms with Gasteiger partial charge < -0.3 is 5.11 Å². The van der Waals surface area contributed by atoms with Gasteiger partial charge in [0.1, 0.15) is 12.4 Å². The molecular weight excluding hydrogens is 214 g/mol. The molecule has 1 unspecified atom stereocenters. The van der Waals surface area contributed by atoms with Crippen LogP contribution in [0.4, 0.5) is 0 Å². The average Bonchev–Trinajstić information content (AvgIpc) is 2.74. The van der Waals surface area contributed by atoms with Gasteiger partial charge in [-0.1, -0.05) is 23.7 Å². The summed E-state index contributed by atoms with van der Waals surface area (Å²) < 4.78 is 0. The van der Waals surface area contributed by atoms with E-state index in [1.807, 2.05) is 19.1 Å². The van der Waals surface area contributed by atoms with Crippen LogP contribution in [-0.4, -0.2) is 20.3 Å². The van der Waals surface area contributed by atoms with Crippen molar-refractivity contribution in [2.75, 3.05) is 0 Å². The van der Waals surface area contributed by atoms with Crippen LogP contribution in [-0.2, 0) is 0 Å². The third-order valence-corrected chi connectivity index (χ3v) is 2.61. The first-order chi connectivity index (χ1) is 7.18. The molecule has 0 aliphatic heterocycles. The maximum Gasteiger partial charge on any atom is 0.157 e. The first-order valence-electron chi connectivity index (χ1n) is 4.48. The molecule has 2 aromatic rings. The van der Waals surface area contributed by atoms with Gasteiger partial charge in [-0.3, -0.25) is 5.10 Å². The van der Waals surface area contributed by atoms with E-state index in [0.29, 0.717) is 16.4 Å². The number of nitrogens with one attached hydrogen (secondary N) is 1. The fraction of sp³-hybridized carbons (Fsp3) is 0.200. The number of rotatable bonds is 2. The fourth-order valence-corrected chi connectivity index (χ4v) is 1.47. The zero-order chi connectivity index (χ0) is 10.8. The molecule has 0 aliphatic carbocycles. The molecule has 1 heterocycles. The Morgan fingerprint density at radius 3 is 2.87 bits per heavy atom. The smallest absolute Gasteiger partial charge is 0.157 e. The molecular formula is C10H10ClN3O. The topological polar surface area (TPSA) is 61.8 Å². The molecule has 2 N–H and O–H groups in total. The number of hydrogen-bond acceptors (Lipinski definition) is 3. The van der Waals surface area contributed by atoms with Gasteiger partial charge in [-0.25, -0.2) is 4.98 Å². The van der Waals surface area contributed by atoms with Crippen LogP contribution in [0.25, 0.3) is 0 Å². The summed E-state index contributed by atoms with van der Waals surface area (Å²) in [7, 11) is 0. The van der Waals surface area contributed by atoms with E-state index in [4.69, 9.17) is 11.6 Å². The Morgan fingerprint density at radius 1 is 1.47 bits per heavy atom. The van der Waals surface area contributed by atoms with Gasteiger partial charge in [0.25, 0.3) is 0 Å². The van der Waals surface area contributed by atoms with E-state index in [1.54, 1.807) is 6.07 Å². The maximum atomic E-state index is 9.90. The Morgan fingerprint density at radius 2 is 2.27 bits per heavy atom. The fourth-order valence-electron chi connectivity index (χ4n) is 1.28. The van der Waals surface area contributed by atoms with Crippen LogP contribution < -0.4 is 0 Å². The Hall–Kier alpha value is -1.39. The first kappa shape index (κ1) is 10.1. The standard InChI is InChI=1S/C10H10ClN3O/c1-6-2-3-7(4-8(6)11)9(15)10-12-5-13-14-10/h2-5,9,15H,1H3,(H,12,13,14). The molecule has 5 heteroatoms. The summed E-state index contributed by atoms with van der Waals surface area (Å²) >= 11 is 5.96. The Kier molecular flexibility index (Phi) is 2.70. The van der Waals surface area contributed by atoms with E-state index in [1.165, 1.54) is 6.33 Å². The lowest BCUT2D eigenvalue weighted by Crippen LogP contribution is -2.02. The second-order valence-corrected chi connectivity index (χ2v) is 3.69. The molecule has 0 aliphatic rings. The van der Waals surface area contributed by atoms with Gasteiger partial charge in [-0.05, 0) is 24.1 Å². The maximum absolute atomic E-state index is 9.90. The minimum Gasteiger partial charge on any atom is -0.380 e. The van der Waals surface area contributed by atoms with Crippen molar-refractivity contribution < 1.29 is 5.11 Å². The highest BCUT2D eigenvalue weighted by molar-refractivity contribution is 6.31. The summed E-state index contributed by atoms with van der Waals surface area (Å²) in [5.74, 6) is 0.412. The minimum absolute atomic E-state index is 0.412. The average molecular weight is 224 g/mol. The van der Waals surface area contributed by atoms with Gasteiger partial charge in [0.05, 0.1) is 0 Å². The summed E-state index contributed by atoms with van der Waals surface area (Å²) in [6, 6.07) is 5.40. The first-order valence-corrected chi connectivity index (χ1v) is 4.85. The quantitative estimate of drug-likeness (QED) is 0.817. The largest absolute Gasteiger partial charge is 0.380 e. The molecule has 0 fully saturated rings. The molecule has 2 rings (SSSR count). The minimum atomic E-state index is -0.814. The number of hydrogen-bond donors (Lipinski definition) is 2. The van der Waals surface area contributed by atoms with Crippen LogP contribution in [0, 0.1) is 6.92 Å². The number of aryl methyl sites for hydroxylation is 1. The van der Waals surface area contributed by atoms with E-state index < -0.39 is 6.10 Å². The molecule has 1 aromatic heterocycles. The highest BCUT2D eigenvalue weighted by Gasteiger charge is 2.13. The number of H-pyrrole nitrogens is 1. The summed E-state index contributed by atoms with van der Waals surface area (Å²) in [5, 5.41) is 16.8. The summed E-state index contributed by atoms with van der Waals surface area (Å²) in [6.07, 6.45) is 0.541. The van der Waals surface area contributed by atoms with Crippen LogP contribution in [0.15, 0.2) is 24.5 Å². The second-order valence-electron chi connectivity index (χ2n) is 3.28. The van der Waals surface area contributed by atoms with E-state index in [2.05, 4.69) is 15.2 Å². The molecule has 4 nitrogen and oxygen atoms in total. The van der Waals surface area contributed by atoms with Crippen molar-refractivity contribution in [1.29, 1.82) is 0 Å². The van der Waals surface area contributed by atoms with Crippen LogP contribution in [0.1, 0.15) is 23.1 Å². The van der Waals surface area contributed by atoms with Crippen LogP contribution in [0.2, 0.25) is 5.02 Å². The molecule has 1 aromatic carbocycles. The predicted molar refractivity (Wildman–Crippen MR) is 56.6 cm³/mol. The molecule has 0 bridgehead atoms. The van der Waals surface area contributed by atoms with E-state index in [0.717, 1.165) is 5.56 Å². The Bertz CT molecular complexity index is 456. The normalized spacial score (nSPS) is 12.7. The van der Waals surface area contributed by atoms with Crippen molar-refractivity contribution in [1.82, 2.24) is 15.2 Å². The molecule has 0 spiro atoms. The van der Waals surface area contributed by atoms with Crippen LogP contribution in [0.5, 0.6) is 0 Å². The highest BCUT2D eigenvalue weighted by Crippen LogP contribution is 2.23. The third kappa shape index (κ3) is 2.00. The number of halogens is 1.